The average molecular weight is 301 g/mol. The molecule has 1 heterocycles. The smallest absolute Gasteiger partial charge is 0.329 e. The number of aryl methyl sites for hydroxylation is 1. The third-order valence-corrected chi connectivity index (χ3v) is 3.78. The van der Waals surface area contributed by atoms with Crippen LogP contribution in [0.5, 0.6) is 0 Å². The van der Waals surface area contributed by atoms with Crippen molar-refractivity contribution in [3.05, 3.63) is 47.8 Å². The van der Waals surface area contributed by atoms with Crippen LogP contribution in [0.1, 0.15) is 36.2 Å². The lowest BCUT2D eigenvalue weighted by molar-refractivity contribution is -0.143. The SMILES string of the molecule is CCC(C)(NC(=O)c1ccc(-n2cccn2)c(C)c1)C(=O)O. The summed E-state index contributed by atoms with van der Waals surface area (Å²) in [7, 11) is 0. The van der Waals surface area contributed by atoms with Gasteiger partial charge in [-0.2, -0.15) is 5.10 Å². The highest BCUT2D eigenvalue weighted by Crippen LogP contribution is 2.17. The van der Waals surface area contributed by atoms with Crippen molar-refractivity contribution in [3.8, 4) is 5.69 Å². The predicted molar refractivity (Wildman–Crippen MR) is 82.1 cm³/mol. The maximum absolute atomic E-state index is 12.3. The molecule has 116 valence electrons. The Morgan fingerprint density at radius 1 is 1.41 bits per heavy atom. The average Bonchev–Trinajstić information content (AvgIpc) is 3.00. The van der Waals surface area contributed by atoms with Crippen LogP contribution >= 0.6 is 0 Å². The van der Waals surface area contributed by atoms with Gasteiger partial charge in [-0.3, -0.25) is 4.79 Å². The molecule has 0 saturated heterocycles. The van der Waals surface area contributed by atoms with Crippen LogP contribution in [-0.2, 0) is 4.79 Å². The molecule has 1 aromatic heterocycles. The molecule has 1 aromatic carbocycles. The van der Waals surface area contributed by atoms with Crippen molar-refractivity contribution < 1.29 is 14.7 Å². The van der Waals surface area contributed by atoms with Gasteiger partial charge in [-0.1, -0.05) is 6.92 Å². The predicted octanol–water partition coefficient (Wildman–Crippen LogP) is 2.16. The fraction of sp³-hybridized carbons (Fsp3) is 0.312. The van der Waals surface area contributed by atoms with E-state index in [1.54, 1.807) is 36.0 Å². The summed E-state index contributed by atoms with van der Waals surface area (Å²) in [5.41, 5.74) is 0.906. The molecule has 0 saturated carbocycles. The lowest BCUT2D eigenvalue weighted by Gasteiger charge is -2.24. The van der Waals surface area contributed by atoms with Gasteiger partial charge in [0.2, 0.25) is 0 Å². The van der Waals surface area contributed by atoms with Crippen molar-refractivity contribution >= 4 is 11.9 Å². The first-order chi connectivity index (χ1) is 10.4. The van der Waals surface area contributed by atoms with Gasteiger partial charge in [0.05, 0.1) is 5.69 Å². The van der Waals surface area contributed by atoms with Gasteiger partial charge in [-0.05, 0) is 50.1 Å². The molecule has 0 bridgehead atoms. The Hall–Kier alpha value is -2.63. The normalized spacial score (nSPS) is 13.4. The van der Waals surface area contributed by atoms with Crippen LogP contribution in [0.2, 0.25) is 0 Å². The van der Waals surface area contributed by atoms with Crippen LogP contribution in [-0.4, -0.2) is 32.3 Å². The van der Waals surface area contributed by atoms with E-state index in [2.05, 4.69) is 10.4 Å². The van der Waals surface area contributed by atoms with Gasteiger partial charge in [0.25, 0.3) is 5.91 Å². The number of amides is 1. The van der Waals surface area contributed by atoms with Crippen LogP contribution in [0, 0.1) is 6.92 Å². The molecule has 0 aliphatic rings. The lowest BCUT2D eigenvalue weighted by atomic mass is 9.98. The Kier molecular flexibility index (Phi) is 4.30. The molecule has 2 N–H and O–H groups in total. The topological polar surface area (TPSA) is 84.2 Å². The molecule has 6 heteroatoms. The number of hydrogen-bond donors (Lipinski definition) is 2. The summed E-state index contributed by atoms with van der Waals surface area (Å²) >= 11 is 0. The van der Waals surface area contributed by atoms with E-state index < -0.39 is 17.4 Å². The second kappa shape index (κ2) is 6.01. The highest BCUT2D eigenvalue weighted by atomic mass is 16.4. The minimum atomic E-state index is -1.27. The monoisotopic (exact) mass is 301 g/mol. The van der Waals surface area contributed by atoms with Crippen molar-refractivity contribution in [1.82, 2.24) is 15.1 Å². The van der Waals surface area contributed by atoms with Crippen molar-refractivity contribution in [2.75, 3.05) is 0 Å². The molecule has 1 atom stereocenters. The molecule has 6 nitrogen and oxygen atoms in total. The summed E-state index contributed by atoms with van der Waals surface area (Å²) in [6.07, 6.45) is 3.80. The number of carboxylic acids is 1. The second-order valence-corrected chi connectivity index (χ2v) is 5.40. The molecular formula is C16H19N3O3. The molecule has 0 radical (unpaired) electrons. The second-order valence-electron chi connectivity index (χ2n) is 5.40. The van der Waals surface area contributed by atoms with Crippen LogP contribution < -0.4 is 5.32 Å². The van der Waals surface area contributed by atoms with Crippen molar-refractivity contribution in [2.45, 2.75) is 32.7 Å². The van der Waals surface area contributed by atoms with Gasteiger partial charge in [-0.15, -0.1) is 0 Å². The molecule has 1 unspecified atom stereocenters. The van der Waals surface area contributed by atoms with Gasteiger partial charge >= 0.3 is 5.97 Å². The number of nitrogens with one attached hydrogen (secondary N) is 1. The van der Waals surface area contributed by atoms with E-state index in [9.17, 15) is 14.7 Å². The number of carbonyl (C=O) groups is 2. The number of hydrogen-bond acceptors (Lipinski definition) is 3. The summed E-state index contributed by atoms with van der Waals surface area (Å²) in [6, 6.07) is 7.00. The molecule has 0 aliphatic carbocycles. The minimum absolute atomic E-state index is 0.304. The number of carboxylic acid groups (broad SMARTS) is 1. The molecule has 0 aliphatic heterocycles. The van der Waals surface area contributed by atoms with Crippen molar-refractivity contribution in [3.63, 3.8) is 0 Å². The molecule has 1 amide bonds. The van der Waals surface area contributed by atoms with E-state index >= 15 is 0 Å². The highest BCUT2D eigenvalue weighted by molar-refractivity contribution is 5.98. The standard InChI is InChI=1S/C16H19N3O3/c1-4-16(3,15(21)22)18-14(20)12-6-7-13(11(2)10-12)19-9-5-8-17-19/h5-10H,4H2,1-3H3,(H,18,20)(H,21,22). The van der Waals surface area contributed by atoms with Crippen LogP contribution in [0.15, 0.2) is 36.7 Å². The van der Waals surface area contributed by atoms with Gasteiger partial charge in [-0.25, -0.2) is 9.48 Å². The van der Waals surface area contributed by atoms with E-state index in [1.807, 2.05) is 19.2 Å². The molecule has 0 spiro atoms. The van der Waals surface area contributed by atoms with Crippen LogP contribution in [0.4, 0.5) is 0 Å². The number of benzene rings is 1. The fourth-order valence-corrected chi connectivity index (χ4v) is 2.08. The zero-order chi connectivity index (χ0) is 16.3. The van der Waals surface area contributed by atoms with Crippen molar-refractivity contribution in [2.24, 2.45) is 0 Å². The fourth-order valence-electron chi connectivity index (χ4n) is 2.08. The Morgan fingerprint density at radius 2 is 2.14 bits per heavy atom. The summed E-state index contributed by atoms with van der Waals surface area (Å²) in [5.74, 6) is -1.45. The maximum Gasteiger partial charge on any atom is 0.329 e. The van der Waals surface area contributed by atoms with Crippen molar-refractivity contribution in [1.29, 1.82) is 0 Å². The highest BCUT2D eigenvalue weighted by Gasteiger charge is 2.33. The zero-order valence-corrected chi connectivity index (χ0v) is 12.8. The summed E-state index contributed by atoms with van der Waals surface area (Å²) in [6.45, 7) is 5.10. The van der Waals surface area contributed by atoms with Gasteiger partial charge in [0, 0.05) is 18.0 Å². The molecule has 0 fully saturated rings. The Balaban J connectivity index is 2.25. The summed E-state index contributed by atoms with van der Waals surface area (Å²) < 4.78 is 1.71. The van der Waals surface area contributed by atoms with Gasteiger partial charge in [0.15, 0.2) is 0 Å². The van der Waals surface area contributed by atoms with Crippen LogP contribution in [0.3, 0.4) is 0 Å². The van der Waals surface area contributed by atoms with Crippen LogP contribution in [0.25, 0.3) is 5.69 Å². The minimum Gasteiger partial charge on any atom is -0.480 e. The largest absolute Gasteiger partial charge is 0.480 e. The van der Waals surface area contributed by atoms with E-state index in [-0.39, 0.29) is 0 Å². The Morgan fingerprint density at radius 3 is 2.64 bits per heavy atom. The number of nitrogens with zero attached hydrogens (tertiary/aromatic N) is 2. The van der Waals surface area contributed by atoms with E-state index in [4.69, 9.17) is 0 Å². The van der Waals surface area contributed by atoms with E-state index in [0.717, 1.165) is 11.3 Å². The number of aromatic nitrogens is 2. The number of rotatable bonds is 5. The maximum atomic E-state index is 12.3. The molecular weight excluding hydrogens is 282 g/mol. The van der Waals surface area contributed by atoms with E-state index in [1.165, 1.54) is 6.92 Å². The summed E-state index contributed by atoms with van der Waals surface area (Å²) in [4.78, 5) is 23.5. The first-order valence-electron chi connectivity index (χ1n) is 7.04. The molecule has 2 rings (SSSR count). The summed E-state index contributed by atoms with van der Waals surface area (Å²) in [5, 5.41) is 16.0. The Bertz CT molecular complexity index is 695. The third kappa shape index (κ3) is 3.00. The van der Waals surface area contributed by atoms with Gasteiger partial charge in [0.1, 0.15) is 5.54 Å². The quantitative estimate of drug-likeness (QED) is 0.886. The molecule has 22 heavy (non-hydrogen) atoms. The first-order valence-corrected chi connectivity index (χ1v) is 7.04. The number of carbonyl (C=O) groups excluding carboxylic acids is 1. The lowest BCUT2D eigenvalue weighted by Crippen LogP contribution is -2.51. The van der Waals surface area contributed by atoms with E-state index in [0.29, 0.717) is 12.0 Å². The Labute approximate surface area is 128 Å². The number of aliphatic carboxylic acids is 1. The first kappa shape index (κ1) is 15.8. The third-order valence-electron chi connectivity index (χ3n) is 3.78. The van der Waals surface area contributed by atoms with Gasteiger partial charge < -0.3 is 10.4 Å². The zero-order valence-electron chi connectivity index (χ0n) is 12.8. The molecule has 2 aromatic rings.